The highest BCUT2D eigenvalue weighted by molar-refractivity contribution is 7.92. The Morgan fingerprint density at radius 1 is 1.15 bits per heavy atom. The summed E-state index contributed by atoms with van der Waals surface area (Å²) in [5, 5.41) is 8.37. The molecule has 0 unspecified atom stereocenters. The molecule has 1 aromatic carbocycles. The molecule has 1 saturated carbocycles. The fourth-order valence-electron chi connectivity index (χ4n) is 3.61. The maximum absolute atomic E-state index is 12.2. The Hall–Kier alpha value is -2.98. The van der Waals surface area contributed by atoms with Crippen molar-refractivity contribution in [3.63, 3.8) is 0 Å². The van der Waals surface area contributed by atoms with Gasteiger partial charge in [0.2, 0.25) is 15.9 Å². The summed E-state index contributed by atoms with van der Waals surface area (Å²) in [4.78, 5) is 6.72. The highest BCUT2D eigenvalue weighted by Gasteiger charge is 2.30. The van der Waals surface area contributed by atoms with Crippen molar-refractivity contribution in [2.24, 2.45) is 11.7 Å². The number of nitrogens with two attached hydrogens (primary N) is 1. The third-order valence-corrected chi connectivity index (χ3v) is 7.03. The van der Waals surface area contributed by atoms with Gasteiger partial charge in [0.05, 0.1) is 17.5 Å². The van der Waals surface area contributed by atoms with E-state index in [2.05, 4.69) is 10.2 Å². The molecule has 0 radical (unpaired) electrons. The predicted molar refractivity (Wildman–Crippen MR) is 128 cm³/mol. The standard InChI is InChI=1S/C23H30N6O3S/c1-23(24,14-16-8-6-5-7-9-16)22-27-26-21(32-22)19-12-18(29(3)33(4,30)31)13-20(25-19)28(2)15-17-10-11-17/h5-9,12-13,17H,10-11,14-15,24H2,1-4H3/t23-/m1/s1. The first-order valence-corrected chi connectivity index (χ1v) is 12.7. The molecule has 9 nitrogen and oxygen atoms in total. The van der Waals surface area contributed by atoms with Crippen LogP contribution in [-0.4, -0.2) is 50.5 Å². The lowest BCUT2D eigenvalue weighted by Crippen LogP contribution is -2.35. The molecule has 1 fully saturated rings. The molecule has 33 heavy (non-hydrogen) atoms. The number of hydrogen-bond donors (Lipinski definition) is 1. The van der Waals surface area contributed by atoms with Gasteiger partial charge in [-0.05, 0) is 43.7 Å². The van der Waals surface area contributed by atoms with Crippen molar-refractivity contribution in [3.8, 4) is 11.6 Å². The van der Waals surface area contributed by atoms with Gasteiger partial charge in [-0.1, -0.05) is 30.3 Å². The zero-order valence-corrected chi connectivity index (χ0v) is 20.2. The van der Waals surface area contributed by atoms with E-state index in [-0.39, 0.29) is 11.8 Å². The fraction of sp³-hybridized carbons (Fsp3) is 0.435. The van der Waals surface area contributed by atoms with E-state index in [0.717, 1.165) is 18.4 Å². The van der Waals surface area contributed by atoms with Crippen LogP contribution in [0.1, 0.15) is 31.2 Å². The maximum atomic E-state index is 12.2. The summed E-state index contributed by atoms with van der Waals surface area (Å²) in [5.74, 6) is 1.77. The predicted octanol–water partition coefficient (Wildman–Crippen LogP) is 2.79. The van der Waals surface area contributed by atoms with Crippen LogP contribution >= 0.6 is 0 Å². The monoisotopic (exact) mass is 470 g/mol. The summed E-state index contributed by atoms with van der Waals surface area (Å²) in [7, 11) is -0.00201. The Bertz CT molecular complexity index is 1220. The van der Waals surface area contributed by atoms with Crippen molar-refractivity contribution in [2.75, 3.05) is 36.1 Å². The smallest absolute Gasteiger partial charge is 0.266 e. The lowest BCUT2D eigenvalue weighted by Gasteiger charge is -2.22. The number of aromatic nitrogens is 3. The van der Waals surface area contributed by atoms with E-state index >= 15 is 0 Å². The van der Waals surface area contributed by atoms with Gasteiger partial charge in [-0.3, -0.25) is 4.31 Å². The van der Waals surface area contributed by atoms with Gasteiger partial charge in [0.15, 0.2) is 0 Å². The fourth-order valence-corrected chi connectivity index (χ4v) is 4.10. The minimum Gasteiger partial charge on any atom is -0.417 e. The van der Waals surface area contributed by atoms with E-state index < -0.39 is 15.6 Å². The Labute approximate surface area is 194 Å². The van der Waals surface area contributed by atoms with Crippen molar-refractivity contribution in [1.29, 1.82) is 0 Å². The van der Waals surface area contributed by atoms with Crippen LogP contribution in [0.15, 0.2) is 46.9 Å². The first-order valence-electron chi connectivity index (χ1n) is 10.9. The van der Waals surface area contributed by atoms with Gasteiger partial charge in [0.25, 0.3) is 5.89 Å². The first kappa shape index (κ1) is 23.2. The highest BCUT2D eigenvalue weighted by atomic mass is 32.2. The maximum Gasteiger partial charge on any atom is 0.266 e. The lowest BCUT2D eigenvalue weighted by atomic mass is 9.94. The number of rotatable bonds is 9. The van der Waals surface area contributed by atoms with Crippen LogP contribution in [0.2, 0.25) is 0 Å². The van der Waals surface area contributed by atoms with E-state index in [9.17, 15) is 8.42 Å². The average Bonchev–Trinajstić information content (AvgIpc) is 3.42. The number of pyridine rings is 1. The second-order valence-corrected chi connectivity index (χ2v) is 11.1. The average molecular weight is 471 g/mol. The molecular formula is C23H30N6O3S. The van der Waals surface area contributed by atoms with Gasteiger partial charge < -0.3 is 15.1 Å². The van der Waals surface area contributed by atoms with Crippen molar-refractivity contribution >= 4 is 21.5 Å². The zero-order valence-electron chi connectivity index (χ0n) is 19.4. The largest absolute Gasteiger partial charge is 0.417 e. The van der Waals surface area contributed by atoms with Crippen LogP contribution in [0.4, 0.5) is 11.5 Å². The molecule has 10 heteroatoms. The Kier molecular flexibility index (Phi) is 6.15. The van der Waals surface area contributed by atoms with Gasteiger partial charge in [-0.2, -0.15) is 0 Å². The molecule has 176 valence electrons. The summed E-state index contributed by atoms with van der Waals surface area (Å²) >= 11 is 0. The molecular weight excluding hydrogens is 440 g/mol. The third-order valence-electron chi connectivity index (χ3n) is 5.82. The molecule has 1 aliphatic carbocycles. The van der Waals surface area contributed by atoms with Crippen molar-refractivity contribution in [2.45, 2.75) is 31.7 Å². The number of anilines is 2. The van der Waals surface area contributed by atoms with Crippen LogP contribution in [0.5, 0.6) is 0 Å². The van der Waals surface area contributed by atoms with E-state index in [4.69, 9.17) is 15.1 Å². The Balaban J connectivity index is 1.68. The summed E-state index contributed by atoms with van der Waals surface area (Å²) in [6, 6.07) is 13.2. The van der Waals surface area contributed by atoms with Crippen LogP contribution in [0.25, 0.3) is 11.6 Å². The molecule has 2 aromatic heterocycles. The minimum atomic E-state index is -3.46. The summed E-state index contributed by atoms with van der Waals surface area (Å²) < 4.78 is 31.5. The number of benzene rings is 1. The number of sulfonamides is 1. The topological polar surface area (TPSA) is 118 Å². The third kappa shape index (κ3) is 5.51. The van der Waals surface area contributed by atoms with Crippen molar-refractivity contribution in [1.82, 2.24) is 15.2 Å². The second kappa shape index (κ2) is 8.75. The molecule has 4 rings (SSSR count). The molecule has 0 spiro atoms. The molecule has 3 aromatic rings. The Morgan fingerprint density at radius 3 is 2.48 bits per heavy atom. The molecule has 1 atom stereocenters. The normalized spacial score (nSPS) is 15.8. The van der Waals surface area contributed by atoms with Crippen LogP contribution in [0.3, 0.4) is 0 Å². The van der Waals surface area contributed by atoms with E-state index in [1.165, 1.54) is 24.2 Å². The molecule has 2 heterocycles. The minimum absolute atomic E-state index is 0.194. The zero-order chi connectivity index (χ0) is 23.8. The van der Waals surface area contributed by atoms with Gasteiger partial charge in [0.1, 0.15) is 11.5 Å². The second-order valence-electron chi connectivity index (χ2n) is 9.12. The number of hydrogen-bond acceptors (Lipinski definition) is 8. The van der Waals surface area contributed by atoms with Crippen LogP contribution in [0, 0.1) is 5.92 Å². The quantitative estimate of drug-likeness (QED) is 0.507. The van der Waals surface area contributed by atoms with Crippen molar-refractivity contribution < 1.29 is 12.8 Å². The molecule has 2 N–H and O–H groups in total. The van der Waals surface area contributed by atoms with Gasteiger partial charge in [-0.15, -0.1) is 10.2 Å². The molecule has 0 aliphatic heterocycles. The van der Waals surface area contributed by atoms with E-state index in [1.54, 1.807) is 12.1 Å². The lowest BCUT2D eigenvalue weighted by molar-refractivity contribution is 0.355. The molecule has 1 aliphatic rings. The van der Waals surface area contributed by atoms with E-state index in [0.29, 0.717) is 29.5 Å². The summed E-state index contributed by atoms with van der Waals surface area (Å²) in [6.45, 7) is 2.69. The molecule has 0 bridgehead atoms. The summed E-state index contributed by atoms with van der Waals surface area (Å²) in [5.41, 5.74) is 7.58. The van der Waals surface area contributed by atoms with Crippen LogP contribution in [-0.2, 0) is 22.0 Å². The number of nitrogens with zero attached hydrogens (tertiary/aromatic N) is 5. The summed E-state index contributed by atoms with van der Waals surface area (Å²) in [6.07, 6.45) is 4.08. The van der Waals surface area contributed by atoms with E-state index in [1.807, 2.05) is 49.2 Å². The first-order chi connectivity index (χ1) is 15.5. The molecule has 0 saturated heterocycles. The van der Waals surface area contributed by atoms with Gasteiger partial charge >= 0.3 is 0 Å². The highest BCUT2D eigenvalue weighted by Crippen LogP contribution is 2.33. The van der Waals surface area contributed by atoms with Gasteiger partial charge in [0, 0.05) is 26.7 Å². The van der Waals surface area contributed by atoms with Gasteiger partial charge in [-0.25, -0.2) is 13.4 Å². The molecule has 0 amide bonds. The SMILES string of the molecule is CN(CC1CC1)c1cc(N(C)S(C)(=O)=O)cc(-c2nnc([C@](C)(N)Cc3ccccc3)o2)n1. The Morgan fingerprint density at radius 2 is 1.85 bits per heavy atom. The van der Waals surface area contributed by atoms with Crippen molar-refractivity contribution in [3.05, 3.63) is 53.9 Å². The van der Waals surface area contributed by atoms with Crippen LogP contribution < -0.4 is 14.9 Å².